The molecular weight excluding hydrogens is 240 g/mol. The van der Waals surface area contributed by atoms with Gasteiger partial charge >= 0.3 is 0 Å². The number of nitrogen functional groups attached to an aromatic ring is 1. The minimum Gasteiger partial charge on any atom is -0.397 e. The summed E-state index contributed by atoms with van der Waals surface area (Å²) < 4.78 is 4.84. The van der Waals surface area contributed by atoms with E-state index in [9.17, 15) is 0 Å². The van der Waals surface area contributed by atoms with E-state index in [0.29, 0.717) is 23.2 Å². The van der Waals surface area contributed by atoms with Crippen molar-refractivity contribution < 1.29 is 4.63 Å². The summed E-state index contributed by atoms with van der Waals surface area (Å²) >= 11 is 0. The highest BCUT2D eigenvalue weighted by Gasteiger charge is 2.27. The first-order valence-electron chi connectivity index (χ1n) is 6.92. The van der Waals surface area contributed by atoms with E-state index in [1.54, 1.807) is 0 Å². The van der Waals surface area contributed by atoms with Crippen molar-refractivity contribution in [2.75, 3.05) is 17.7 Å². The van der Waals surface area contributed by atoms with Crippen LogP contribution in [0.5, 0.6) is 0 Å². The first-order valence-corrected chi connectivity index (χ1v) is 6.92. The average molecular weight is 260 g/mol. The summed E-state index contributed by atoms with van der Waals surface area (Å²) in [6, 6.07) is 4.45. The Balaban J connectivity index is 1.99. The van der Waals surface area contributed by atoms with E-state index in [2.05, 4.69) is 29.2 Å². The summed E-state index contributed by atoms with van der Waals surface area (Å²) in [5.41, 5.74) is 8.99. The van der Waals surface area contributed by atoms with E-state index in [0.717, 1.165) is 11.2 Å². The van der Waals surface area contributed by atoms with Gasteiger partial charge in [-0.3, -0.25) is 0 Å². The number of aromatic nitrogens is 2. The van der Waals surface area contributed by atoms with Crippen LogP contribution >= 0.6 is 0 Å². The van der Waals surface area contributed by atoms with Crippen LogP contribution in [-0.2, 0) is 0 Å². The second-order valence-corrected chi connectivity index (χ2v) is 5.58. The topological polar surface area (TPSA) is 68.2 Å². The van der Waals surface area contributed by atoms with Gasteiger partial charge in [-0.25, -0.2) is 4.63 Å². The predicted octanol–water partition coefficient (Wildman–Crippen LogP) is 2.82. The summed E-state index contributed by atoms with van der Waals surface area (Å²) in [7, 11) is 2.13. The fourth-order valence-electron chi connectivity index (χ4n) is 3.21. The van der Waals surface area contributed by atoms with Gasteiger partial charge in [-0.1, -0.05) is 19.8 Å². The Bertz CT molecular complexity index is 580. The summed E-state index contributed by atoms with van der Waals surface area (Å²) in [4.78, 5) is 2.32. The van der Waals surface area contributed by atoms with Crippen molar-refractivity contribution in [1.29, 1.82) is 0 Å². The minimum absolute atomic E-state index is 0.553. The second-order valence-electron chi connectivity index (χ2n) is 5.58. The number of hydrogen-bond acceptors (Lipinski definition) is 5. The van der Waals surface area contributed by atoms with Crippen LogP contribution in [-0.4, -0.2) is 23.4 Å². The Morgan fingerprint density at radius 1 is 1.21 bits per heavy atom. The molecule has 102 valence electrons. The van der Waals surface area contributed by atoms with Crippen LogP contribution in [0.3, 0.4) is 0 Å². The van der Waals surface area contributed by atoms with Gasteiger partial charge in [-0.15, -0.1) is 0 Å². The Kier molecular flexibility index (Phi) is 3.05. The van der Waals surface area contributed by atoms with Crippen LogP contribution in [0.25, 0.3) is 11.0 Å². The first-order chi connectivity index (χ1) is 9.18. The molecule has 0 radical (unpaired) electrons. The third-order valence-corrected chi connectivity index (χ3v) is 4.37. The number of fused-ring (bicyclic) bond motifs is 1. The molecule has 0 aliphatic heterocycles. The summed E-state index contributed by atoms with van der Waals surface area (Å²) in [5.74, 6) is 0.700. The Morgan fingerprint density at radius 3 is 2.74 bits per heavy atom. The molecule has 2 N–H and O–H groups in total. The molecule has 1 aromatic carbocycles. The Labute approximate surface area is 112 Å². The molecule has 0 saturated heterocycles. The second kappa shape index (κ2) is 4.72. The molecule has 1 aliphatic rings. The fraction of sp³-hybridized carbons (Fsp3) is 0.571. The van der Waals surface area contributed by atoms with Crippen LogP contribution in [0.2, 0.25) is 0 Å². The average Bonchev–Trinajstić information content (AvgIpc) is 2.89. The van der Waals surface area contributed by atoms with Gasteiger partial charge in [0.1, 0.15) is 0 Å². The lowest BCUT2D eigenvalue weighted by Crippen LogP contribution is -2.39. The molecule has 3 rings (SSSR count). The highest BCUT2D eigenvalue weighted by molar-refractivity contribution is 5.95. The smallest absolute Gasteiger partial charge is 0.160 e. The molecule has 1 saturated carbocycles. The lowest BCUT2D eigenvalue weighted by Gasteiger charge is -2.37. The number of anilines is 2. The van der Waals surface area contributed by atoms with Gasteiger partial charge in [0, 0.05) is 13.1 Å². The molecule has 2 unspecified atom stereocenters. The molecule has 2 aromatic rings. The van der Waals surface area contributed by atoms with Crippen molar-refractivity contribution in [3.05, 3.63) is 12.1 Å². The van der Waals surface area contributed by atoms with Gasteiger partial charge in [0.2, 0.25) is 0 Å². The van der Waals surface area contributed by atoms with Gasteiger partial charge in [0.15, 0.2) is 11.0 Å². The van der Waals surface area contributed by atoms with E-state index >= 15 is 0 Å². The number of hydrogen-bond donors (Lipinski definition) is 1. The molecule has 0 bridgehead atoms. The van der Waals surface area contributed by atoms with Crippen molar-refractivity contribution in [2.45, 2.75) is 38.6 Å². The maximum atomic E-state index is 5.89. The van der Waals surface area contributed by atoms with E-state index in [4.69, 9.17) is 10.4 Å². The molecule has 1 aliphatic carbocycles. The normalized spacial score (nSPS) is 23.7. The van der Waals surface area contributed by atoms with Crippen LogP contribution in [0.1, 0.15) is 32.6 Å². The molecule has 5 nitrogen and oxygen atoms in total. The fourth-order valence-corrected chi connectivity index (χ4v) is 3.21. The van der Waals surface area contributed by atoms with Gasteiger partial charge in [-0.05, 0) is 41.2 Å². The Morgan fingerprint density at radius 2 is 1.95 bits per heavy atom. The van der Waals surface area contributed by atoms with Crippen LogP contribution in [0.4, 0.5) is 11.4 Å². The number of nitrogens with zero attached hydrogens (tertiary/aromatic N) is 3. The monoisotopic (exact) mass is 260 g/mol. The van der Waals surface area contributed by atoms with Crippen molar-refractivity contribution >= 4 is 22.4 Å². The molecule has 0 amide bonds. The molecule has 2 atom stereocenters. The maximum absolute atomic E-state index is 5.89. The third-order valence-electron chi connectivity index (χ3n) is 4.37. The molecule has 1 aromatic heterocycles. The van der Waals surface area contributed by atoms with E-state index < -0.39 is 0 Å². The molecule has 1 heterocycles. The van der Waals surface area contributed by atoms with Crippen molar-refractivity contribution in [3.8, 4) is 0 Å². The lowest BCUT2D eigenvalue weighted by molar-refractivity contribution is 0.314. The van der Waals surface area contributed by atoms with E-state index in [1.807, 2.05) is 12.1 Å². The largest absolute Gasteiger partial charge is 0.397 e. The molecular formula is C14H20N4O. The molecule has 1 fully saturated rings. The van der Waals surface area contributed by atoms with Gasteiger partial charge < -0.3 is 10.6 Å². The van der Waals surface area contributed by atoms with Crippen molar-refractivity contribution in [1.82, 2.24) is 10.3 Å². The summed E-state index contributed by atoms with van der Waals surface area (Å²) in [6.07, 6.45) is 5.17. The quantitative estimate of drug-likeness (QED) is 0.841. The van der Waals surface area contributed by atoms with Crippen LogP contribution in [0, 0.1) is 5.92 Å². The van der Waals surface area contributed by atoms with E-state index in [-0.39, 0.29) is 0 Å². The minimum atomic E-state index is 0.553. The number of benzene rings is 1. The molecule has 0 spiro atoms. The predicted molar refractivity (Wildman–Crippen MR) is 76.0 cm³/mol. The highest BCUT2D eigenvalue weighted by Crippen LogP contribution is 2.34. The third kappa shape index (κ3) is 2.03. The maximum Gasteiger partial charge on any atom is 0.160 e. The van der Waals surface area contributed by atoms with Crippen LogP contribution in [0.15, 0.2) is 16.8 Å². The highest BCUT2D eigenvalue weighted by atomic mass is 16.6. The summed E-state index contributed by atoms with van der Waals surface area (Å²) in [6.45, 7) is 2.33. The van der Waals surface area contributed by atoms with Gasteiger partial charge in [0.25, 0.3) is 0 Å². The molecule has 19 heavy (non-hydrogen) atoms. The zero-order chi connectivity index (χ0) is 13.4. The van der Waals surface area contributed by atoms with Crippen LogP contribution < -0.4 is 10.6 Å². The molecule has 5 heteroatoms. The SMILES string of the molecule is CC1CCCCC1N(C)c1ccc(N)c2nonc12. The number of rotatable bonds is 2. The lowest BCUT2D eigenvalue weighted by atomic mass is 9.85. The standard InChI is InChI=1S/C14H20N4O/c1-9-5-3-4-6-11(9)18(2)12-8-7-10(15)13-14(12)17-19-16-13/h7-9,11H,3-6,15H2,1-2H3. The van der Waals surface area contributed by atoms with Crippen molar-refractivity contribution in [3.63, 3.8) is 0 Å². The zero-order valence-electron chi connectivity index (χ0n) is 11.5. The zero-order valence-corrected chi connectivity index (χ0v) is 11.5. The summed E-state index contributed by atoms with van der Waals surface area (Å²) in [5, 5.41) is 7.90. The number of nitrogens with two attached hydrogens (primary N) is 1. The van der Waals surface area contributed by atoms with E-state index in [1.165, 1.54) is 25.7 Å². The Hall–Kier alpha value is -1.78. The van der Waals surface area contributed by atoms with Gasteiger partial charge in [0.05, 0.1) is 11.4 Å². The van der Waals surface area contributed by atoms with Crippen molar-refractivity contribution in [2.24, 2.45) is 5.92 Å². The van der Waals surface area contributed by atoms with Gasteiger partial charge in [-0.2, -0.15) is 0 Å². The first kappa shape index (κ1) is 12.3.